The first kappa shape index (κ1) is 29.3. The molecule has 0 spiro atoms. The lowest BCUT2D eigenvalue weighted by Crippen LogP contribution is -2.50. The first-order valence-corrected chi connectivity index (χ1v) is 14.9. The van der Waals surface area contributed by atoms with E-state index in [4.69, 9.17) is 19.6 Å². The number of hydrogen-bond acceptors (Lipinski definition) is 5. The SMILES string of the molecule is CCCCCNC(=O)[C@]1(Cc2ccc(Br)cc2)N=C(c2ccc(OCCCO)cc2)O[C@@H]1c1ccc(Br)cc1. The van der Waals surface area contributed by atoms with Crippen LogP contribution in [0.4, 0.5) is 0 Å². The molecule has 0 radical (unpaired) electrons. The fourth-order valence-corrected chi connectivity index (χ4v) is 5.09. The van der Waals surface area contributed by atoms with E-state index in [2.05, 4.69) is 44.1 Å². The number of amides is 1. The van der Waals surface area contributed by atoms with Gasteiger partial charge >= 0.3 is 0 Å². The van der Waals surface area contributed by atoms with Gasteiger partial charge in [0.2, 0.25) is 5.90 Å². The standard InChI is InChI=1S/C31H34Br2N2O4/c1-2-3-4-18-34-30(37)31(21-22-6-12-25(32)13-7-22)28(23-8-14-26(33)15-9-23)39-29(35-31)24-10-16-27(17-11-24)38-20-5-19-36/h6-17,28,36H,2-5,18-21H2,1H3,(H,34,37)/t28-,31-/m1/s1. The molecular weight excluding hydrogens is 624 g/mol. The average Bonchev–Trinajstić information content (AvgIpc) is 3.33. The fraction of sp³-hybridized carbons (Fsp3) is 0.355. The molecule has 1 aliphatic rings. The number of aliphatic hydroxyl groups excluding tert-OH is 1. The minimum atomic E-state index is -1.19. The Hall–Kier alpha value is -2.68. The molecule has 0 unspecified atom stereocenters. The predicted octanol–water partition coefficient (Wildman–Crippen LogP) is 6.78. The maximum absolute atomic E-state index is 14.1. The van der Waals surface area contributed by atoms with Crippen molar-refractivity contribution in [1.29, 1.82) is 0 Å². The van der Waals surface area contributed by atoms with Crippen molar-refractivity contribution < 1.29 is 19.4 Å². The maximum Gasteiger partial charge on any atom is 0.252 e. The summed E-state index contributed by atoms with van der Waals surface area (Å²) in [5.41, 5.74) is 1.44. The van der Waals surface area contributed by atoms with Crippen molar-refractivity contribution in [3.63, 3.8) is 0 Å². The minimum Gasteiger partial charge on any atom is -0.494 e. The minimum absolute atomic E-state index is 0.0845. The van der Waals surface area contributed by atoms with Crippen molar-refractivity contribution >= 4 is 43.7 Å². The van der Waals surface area contributed by atoms with Crippen LogP contribution in [-0.2, 0) is 16.0 Å². The van der Waals surface area contributed by atoms with Gasteiger partial charge in [0.05, 0.1) is 6.61 Å². The number of hydrogen-bond donors (Lipinski definition) is 2. The number of carbonyl (C=O) groups excluding carboxylic acids is 1. The Morgan fingerprint density at radius 2 is 1.64 bits per heavy atom. The van der Waals surface area contributed by atoms with Crippen molar-refractivity contribution in [3.05, 3.63) is 98.4 Å². The highest BCUT2D eigenvalue weighted by Gasteiger charge is 2.53. The zero-order valence-corrected chi connectivity index (χ0v) is 25.2. The smallest absolute Gasteiger partial charge is 0.252 e. The molecule has 206 valence electrons. The summed E-state index contributed by atoms with van der Waals surface area (Å²) >= 11 is 7.03. The van der Waals surface area contributed by atoms with E-state index < -0.39 is 11.6 Å². The second-order valence-electron chi connectivity index (χ2n) is 9.61. The normalized spacial score (nSPS) is 18.4. The first-order chi connectivity index (χ1) is 18.9. The van der Waals surface area contributed by atoms with Gasteiger partial charge in [-0.05, 0) is 66.1 Å². The van der Waals surface area contributed by atoms with Crippen LogP contribution in [0.25, 0.3) is 0 Å². The van der Waals surface area contributed by atoms with Crippen LogP contribution in [0.2, 0.25) is 0 Å². The molecule has 1 heterocycles. The van der Waals surface area contributed by atoms with E-state index in [-0.39, 0.29) is 12.5 Å². The molecule has 8 heteroatoms. The summed E-state index contributed by atoms with van der Waals surface area (Å²) in [5.74, 6) is 0.976. The Bertz CT molecular complexity index is 1250. The third-order valence-electron chi connectivity index (χ3n) is 6.66. The van der Waals surface area contributed by atoms with E-state index in [0.717, 1.165) is 44.9 Å². The number of halogens is 2. The van der Waals surface area contributed by atoms with Crippen LogP contribution in [0.5, 0.6) is 5.75 Å². The van der Waals surface area contributed by atoms with Crippen LogP contribution in [0.3, 0.4) is 0 Å². The van der Waals surface area contributed by atoms with Crippen LogP contribution in [0, 0.1) is 0 Å². The van der Waals surface area contributed by atoms with E-state index in [1.165, 1.54) is 0 Å². The topological polar surface area (TPSA) is 80.2 Å². The summed E-state index contributed by atoms with van der Waals surface area (Å²) in [6, 6.07) is 23.3. The van der Waals surface area contributed by atoms with Gasteiger partial charge in [-0.1, -0.05) is 75.9 Å². The monoisotopic (exact) mass is 656 g/mol. The zero-order chi connectivity index (χ0) is 27.7. The van der Waals surface area contributed by atoms with E-state index in [1.807, 2.05) is 72.8 Å². The predicted molar refractivity (Wildman–Crippen MR) is 161 cm³/mol. The molecule has 1 aliphatic heterocycles. The number of nitrogens with one attached hydrogen (secondary N) is 1. The number of unbranched alkanes of at least 4 members (excludes halogenated alkanes) is 2. The van der Waals surface area contributed by atoms with Gasteiger partial charge in [-0.2, -0.15) is 0 Å². The molecule has 1 amide bonds. The molecule has 3 aromatic carbocycles. The van der Waals surface area contributed by atoms with Gasteiger partial charge in [0.15, 0.2) is 11.6 Å². The molecular formula is C31H34Br2N2O4. The maximum atomic E-state index is 14.1. The van der Waals surface area contributed by atoms with Gasteiger partial charge in [-0.3, -0.25) is 4.79 Å². The first-order valence-electron chi connectivity index (χ1n) is 13.3. The van der Waals surface area contributed by atoms with Gasteiger partial charge in [0.25, 0.3) is 5.91 Å². The van der Waals surface area contributed by atoms with Crippen LogP contribution >= 0.6 is 31.9 Å². The van der Waals surface area contributed by atoms with Gasteiger partial charge < -0.3 is 19.9 Å². The van der Waals surface area contributed by atoms with Crippen molar-refractivity contribution in [2.24, 2.45) is 4.99 Å². The lowest BCUT2D eigenvalue weighted by Gasteiger charge is -2.31. The Balaban J connectivity index is 1.73. The van der Waals surface area contributed by atoms with Crippen LogP contribution in [0.15, 0.2) is 86.7 Å². The highest BCUT2D eigenvalue weighted by atomic mass is 79.9. The van der Waals surface area contributed by atoms with E-state index in [1.54, 1.807) is 0 Å². The summed E-state index contributed by atoms with van der Waals surface area (Å²) in [5, 5.41) is 12.2. The number of nitrogens with zero attached hydrogens (tertiary/aromatic N) is 1. The molecule has 2 N–H and O–H groups in total. The molecule has 6 nitrogen and oxygen atoms in total. The van der Waals surface area contributed by atoms with E-state index >= 15 is 0 Å². The number of aliphatic imine (C=N–C) groups is 1. The summed E-state index contributed by atoms with van der Waals surface area (Å²) in [6.45, 7) is 3.26. The largest absolute Gasteiger partial charge is 0.494 e. The van der Waals surface area contributed by atoms with Crippen LogP contribution in [0.1, 0.15) is 55.4 Å². The number of carbonyl (C=O) groups is 1. The van der Waals surface area contributed by atoms with Gasteiger partial charge in [-0.15, -0.1) is 0 Å². The molecule has 0 aliphatic carbocycles. The lowest BCUT2D eigenvalue weighted by molar-refractivity contribution is -0.128. The molecule has 4 rings (SSSR count). The average molecular weight is 658 g/mol. The molecule has 39 heavy (non-hydrogen) atoms. The van der Waals surface area contributed by atoms with Gasteiger partial charge in [0, 0.05) is 40.5 Å². The summed E-state index contributed by atoms with van der Waals surface area (Å²) in [7, 11) is 0. The Morgan fingerprint density at radius 1 is 0.974 bits per heavy atom. The van der Waals surface area contributed by atoms with Crippen LogP contribution in [-0.4, -0.2) is 42.2 Å². The molecule has 0 saturated carbocycles. The molecule has 0 bridgehead atoms. The van der Waals surface area contributed by atoms with Crippen molar-refractivity contribution in [2.45, 2.75) is 50.7 Å². The highest BCUT2D eigenvalue weighted by Crippen LogP contribution is 2.43. The van der Waals surface area contributed by atoms with Crippen molar-refractivity contribution in [2.75, 3.05) is 19.8 Å². The molecule has 0 aromatic heterocycles. The third kappa shape index (κ3) is 7.50. The quantitative estimate of drug-likeness (QED) is 0.199. The van der Waals surface area contributed by atoms with Gasteiger partial charge in [0.1, 0.15) is 5.75 Å². The lowest BCUT2D eigenvalue weighted by atomic mass is 9.82. The molecule has 0 saturated heterocycles. The molecule has 2 atom stereocenters. The Labute approximate surface area is 247 Å². The summed E-state index contributed by atoms with van der Waals surface area (Å²) in [6.07, 6.45) is 3.37. The summed E-state index contributed by atoms with van der Waals surface area (Å²) < 4.78 is 14.2. The van der Waals surface area contributed by atoms with E-state index in [0.29, 0.717) is 37.6 Å². The van der Waals surface area contributed by atoms with E-state index in [9.17, 15) is 4.79 Å². The third-order valence-corrected chi connectivity index (χ3v) is 7.71. The van der Waals surface area contributed by atoms with Crippen molar-refractivity contribution in [1.82, 2.24) is 5.32 Å². The number of benzene rings is 3. The molecule has 0 fully saturated rings. The second kappa shape index (κ2) is 14.1. The summed E-state index contributed by atoms with van der Waals surface area (Å²) in [4.78, 5) is 19.1. The second-order valence-corrected chi connectivity index (χ2v) is 11.4. The highest BCUT2D eigenvalue weighted by molar-refractivity contribution is 9.10. The van der Waals surface area contributed by atoms with Gasteiger partial charge in [-0.25, -0.2) is 4.99 Å². The zero-order valence-electron chi connectivity index (χ0n) is 22.0. The number of aliphatic hydroxyl groups is 1. The fourth-order valence-electron chi connectivity index (χ4n) is 4.56. The van der Waals surface area contributed by atoms with Crippen molar-refractivity contribution in [3.8, 4) is 5.75 Å². The Kier molecular flexibility index (Phi) is 10.6. The van der Waals surface area contributed by atoms with Crippen LogP contribution < -0.4 is 10.1 Å². The number of rotatable bonds is 13. The Morgan fingerprint density at radius 3 is 2.28 bits per heavy atom. The number of ether oxygens (including phenoxy) is 2. The molecule has 3 aromatic rings.